The molecule has 6 heteroatoms. The number of unbranched alkanes of at least 4 members (excludes halogenated alkanes) is 12. The van der Waals surface area contributed by atoms with Crippen molar-refractivity contribution in [3.63, 3.8) is 0 Å². The zero-order valence-electron chi connectivity index (χ0n) is 30.0. The zero-order chi connectivity index (χ0) is 34.1. The molecule has 0 N–H and O–H groups in total. The van der Waals surface area contributed by atoms with Gasteiger partial charge in [-0.3, -0.25) is 0 Å². The van der Waals surface area contributed by atoms with Gasteiger partial charge in [-0.1, -0.05) is 128 Å². The summed E-state index contributed by atoms with van der Waals surface area (Å²) in [4.78, 5) is 0. The Kier molecular flexibility index (Phi) is 16.6. The summed E-state index contributed by atoms with van der Waals surface area (Å²) in [7, 11) is 0. The van der Waals surface area contributed by atoms with E-state index < -0.39 is 0 Å². The predicted octanol–water partition coefficient (Wildman–Crippen LogP) is 14.3. The Balaban J connectivity index is 1.86. The average molecular weight is 698 g/mol. The summed E-state index contributed by atoms with van der Waals surface area (Å²) in [5.41, 5.74) is 0. The molecule has 48 heavy (non-hydrogen) atoms. The van der Waals surface area contributed by atoms with Gasteiger partial charge in [0.1, 0.15) is 0 Å². The van der Waals surface area contributed by atoms with Crippen LogP contribution in [-0.2, 0) is 0 Å². The molecule has 4 aromatic rings. The van der Waals surface area contributed by atoms with E-state index in [9.17, 15) is 0 Å². The molecular weight excluding hydrogens is 639 g/mol. The third-order valence-corrected chi connectivity index (χ3v) is 9.84. The van der Waals surface area contributed by atoms with E-state index in [1.807, 2.05) is 12.1 Å². The highest BCUT2D eigenvalue weighted by Gasteiger charge is 2.19. The maximum Gasteiger partial charge on any atom is 0.161 e. The molecule has 0 bridgehead atoms. The number of benzene rings is 4. The second-order valence-corrected chi connectivity index (χ2v) is 14.0. The van der Waals surface area contributed by atoms with Crippen molar-refractivity contribution in [1.29, 1.82) is 0 Å². The molecule has 0 aliphatic carbocycles. The van der Waals surface area contributed by atoms with Crippen LogP contribution in [-0.4, -0.2) is 26.4 Å². The van der Waals surface area contributed by atoms with Crippen molar-refractivity contribution in [3.8, 4) is 23.0 Å². The second-order valence-electron chi connectivity index (χ2n) is 13.1. The first-order valence-corrected chi connectivity index (χ1v) is 19.6. The van der Waals surface area contributed by atoms with Crippen molar-refractivity contribution in [2.75, 3.05) is 26.4 Å². The van der Waals surface area contributed by atoms with Gasteiger partial charge in [0.05, 0.1) is 36.5 Å². The molecule has 0 fully saturated rings. The fraction of sp³-hybridized carbons (Fsp3) is 0.571. The predicted molar refractivity (Wildman–Crippen MR) is 208 cm³/mol. The molecular formula is C42H58Cl2O4. The van der Waals surface area contributed by atoms with Gasteiger partial charge in [-0.25, -0.2) is 0 Å². The smallest absolute Gasteiger partial charge is 0.161 e. The van der Waals surface area contributed by atoms with E-state index >= 15 is 0 Å². The van der Waals surface area contributed by atoms with Crippen LogP contribution >= 0.6 is 23.2 Å². The molecule has 4 rings (SSSR count). The van der Waals surface area contributed by atoms with Gasteiger partial charge in [0.25, 0.3) is 0 Å². The Morgan fingerprint density at radius 3 is 0.792 bits per heavy atom. The lowest BCUT2D eigenvalue weighted by Crippen LogP contribution is -2.04. The Morgan fingerprint density at radius 1 is 0.333 bits per heavy atom. The van der Waals surface area contributed by atoms with Crippen LogP contribution in [0.15, 0.2) is 36.4 Å². The lowest BCUT2D eigenvalue weighted by atomic mass is 9.93. The van der Waals surface area contributed by atoms with Gasteiger partial charge >= 0.3 is 0 Å². The van der Waals surface area contributed by atoms with Crippen molar-refractivity contribution in [2.45, 2.75) is 130 Å². The first-order valence-electron chi connectivity index (χ1n) is 18.9. The van der Waals surface area contributed by atoms with Gasteiger partial charge in [-0.05, 0) is 94.4 Å². The summed E-state index contributed by atoms with van der Waals surface area (Å²) >= 11 is 13.4. The largest absolute Gasteiger partial charge is 0.490 e. The minimum atomic E-state index is 0.530. The Labute approximate surface area is 299 Å². The summed E-state index contributed by atoms with van der Waals surface area (Å²) in [6.45, 7) is 11.6. The molecule has 264 valence electrons. The summed E-state index contributed by atoms with van der Waals surface area (Å²) in [5.74, 6) is 3.13. The highest BCUT2D eigenvalue weighted by Crippen LogP contribution is 2.46. The molecule has 0 heterocycles. The summed E-state index contributed by atoms with van der Waals surface area (Å²) in [6, 6.07) is 12.6. The number of hydrogen-bond acceptors (Lipinski definition) is 4. The van der Waals surface area contributed by atoms with E-state index in [2.05, 4.69) is 52.0 Å². The third kappa shape index (κ3) is 10.7. The van der Waals surface area contributed by atoms with Crippen LogP contribution in [0.4, 0.5) is 0 Å². The quantitative estimate of drug-likeness (QED) is 0.0539. The molecule has 0 atom stereocenters. The minimum absolute atomic E-state index is 0.530. The van der Waals surface area contributed by atoms with Gasteiger partial charge in [-0.2, -0.15) is 0 Å². The molecule has 0 amide bonds. The van der Waals surface area contributed by atoms with Crippen molar-refractivity contribution < 1.29 is 18.9 Å². The highest BCUT2D eigenvalue weighted by atomic mass is 35.5. The standard InChI is InChI=1S/C42H58Cl2O4/c1-5-9-13-17-21-45-39-27-33-31-25-37(43)38(44)26-32(31)34-28-40(46-22-18-14-10-6-2)42(48-24-20-16-12-8-4)30-36(34)35(33)29-41(39)47-23-19-15-11-7-3/h25-30H,5-24H2,1-4H3. The maximum atomic E-state index is 6.68. The maximum absolute atomic E-state index is 6.68. The van der Waals surface area contributed by atoms with Crippen molar-refractivity contribution in [1.82, 2.24) is 0 Å². The molecule has 0 aliphatic heterocycles. The van der Waals surface area contributed by atoms with Gasteiger partial charge in [0.15, 0.2) is 23.0 Å². The summed E-state index contributed by atoms with van der Waals surface area (Å²) in [5, 5.41) is 7.37. The number of rotatable bonds is 24. The van der Waals surface area contributed by atoms with Crippen LogP contribution in [0.25, 0.3) is 32.3 Å². The van der Waals surface area contributed by atoms with E-state index in [1.165, 1.54) is 51.4 Å². The monoisotopic (exact) mass is 696 g/mol. The van der Waals surface area contributed by atoms with Crippen LogP contribution in [0.5, 0.6) is 23.0 Å². The summed E-state index contributed by atoms with van der Waals surface area (Å²) in [6.07, 6.45) is 18.3. The fourth-order valence-electron chi connectivity index (χ4n) is 6.30. The highest BCUT2D eigenvalue weighted by molar-refractivity contribution is 6.44. The van der Waals surface area contributed by atoms with Crippen LogP contribution in [0.2, 0.25) is 10.0 Å². The first kappa shape index (κ1) is 38.2. The van der Waals surface area contributed by atoms with Gasteiger partial charge < -0.3 is 18.9 Å². The molecule has 0 saturated carbocycles. The molecule has 0 aliphatic rings. The van der Waals surface area contributed by atoms with Crippen LogP contribution in [0.3, 0.4) is 0 Å². The normalized spacial score (nSPS) is 11.5. The molecule has 0 spiro atoms. The van der Waals surface area contributed by atoms with E-state index in [0.29, 0.717) is 36.5 Å². The minimum Gasteiger partial charge on any atom is -0.490 e. The number of halogens is 2. The van der Waals surface area contributed by atoms with Gasteiger partial charge in [0.2, 0.25) is 0 Å². The van der Waals surface area contributed by atoms with Crippen LogP contribution in [0, 0.1) is 0 Å². The molecule has 4 aromatic carbocycles. The summed E-state index contributed by atoms with van der Waals surface area (Å²) < 4.78 is 25.9. The molecule has 0 radical (unpaired) electrons. The SMILES string of the molecule is CCCCCCOc1cc2c3cc(Cl)c(Cl)cc3c3cc(OCCCCCC)c(OCCCCCC)cc3c2cc1OCCCCCC. The van der Waals surface area contributed by atoms with E-state index in [-0.39, 0.29) is 0 Å². The lowest BCUT2D eigenvalue weighted by Gasteiger charge is -2.19. The Bertz CT molecular complexity index is 1450. The molecule has 0 aromatic heterocycles. The molecule has 0 unspecified atom stereocenters. The second kappa shape index (κ2) is 20.8. The van der Waals surface area contributed by atoms with Crippen molar-refractivity contribution >= 4 is 55.5 Å². The topological polar surface area (TPSA) is 36.9 Å². The third-order valence-electron chi connectivity index (χ3n) is 9.12. The van der Waals surface area contributed by atoms with Crippen molar-refractivity contribution in [2.24, 2.45) is 0 Å². The molecule has 0 saturated heterocycles. The lowest BCUT2D eigenvalue weighted by molar-refractivity contribution is 0.259. The average Bonchev–Trinajstić information content (AvgIpc) is 3.09. The van der Waals surface area contributed by atoms with E-state index in [0.717, 1.165) is 107 Å². The zero-order valence-corrected chi connectivity index (χ0v) is 31.5. The van der Waals surface area contributed by atoms with E-state index in [1.54, 1.807) is 0 Å². The number of hydrogen-bond donors (Lipinski definition) is 0. The number of fused-ring (bicyclic) bond motifs is 6. The Hall–Kier alpha value is -2.56. The Morgan fingerprint density at radius 2 is 0.562 bits per heavy atom. The van der Waals surface area contributed by atoms with Gasteiger partial charge in [0, 0.05) is 0 Å². The van der Waals surface area contributed by atoms with Crippen LogP contribution < -0.4 is 18.9 Å². The molecule has 4 nitrogen and oxygen atoms in total. The van der Waals surface area contributed by atoms with Gasteiger partial charge in [-0.15, -0.1) is 0 Å². The van der Waals surface area contributed by atoms with Crippen LogP contribution in [0.1, 0.15) is 130 Å². The number of ether oxygens (including phenoxy) is 4. The first-order chi connectivity index (χ1) is 23.5. The van der Waals surface area contributed by atoms with E-state index in [4.69, 9.17) is 42.1 Å². The van der Waals surface area contributed by atoms with Crippen molar-refractivity contribution in [3.05, 3.63) is 46.4 Å². The fourth-order valence-corrected chi connectivity index (χ4v) is 6.63.